The number of hydrogen-bond donors (Lipinski definition) is 2. The van der Waals surface area contributed by atoms with Gasteiger partial charge in [-0.25, -0.2) is 4.68 Å². The van der Waals surface area contributed by atoms with E-state index in [0.717, 1.165) is 38.9 Å². The van der Waals surface area contributed by atoms with E-state index in [-0.39, 0.29) is 5.91 Å². The molecule has 3 rings (SSSR count). The van der Waals surface area contributed by atoms with Gasteiger partial charge in [-0.15, -0.1) is 5.10 Å². The molecule has 2 fully saturated rings. The topological polar surface area (TPSA) is 71.8 Å². The number of carbonyl (C=O) groups excluding carboxylic acids is 1. The summed E-state index contributed by atoms with van der Waals surface area (Å²) in [5.74, 6) is -0.0834. The van der Waals surface area contributed by atoms with Crippen LogP contribution in [0.5, 0.6) is 0 Å². The van der Waals surface area contributed by atoms with Crippen molar-refractivity contribution in [2.24, 2.45) is 5.41 Å². The highest BCUT2D eigenvalue weighted by Crippen LogP contribution is 2.40. The van der Waals surface area contributed by atoms with E-state index >= 15 is 0 Å². The van der Waals surface area contributed by atoms with Crippen LogP contribution in [0, 0.1) is 5.41 Å². The van der Waals surface area contributed by atoms with Crippen molar-refractivity contribution >= 4 is 5.91 Å². The minimum atomic E-state index is -0.0834. The van der Waals surface area contributed by atoms with E-state index in [1.165, 1.54) is 25.7 Å². The van der Waals surface area contributed by atoms with E-state index in [4.69, 9.17) is 0 Å². The van der Waals surface area contributed by atoms with Gasteiger partial charge in [-0.1, -0.05) is 25.0 Å². The Morgan fingerprint density at radius 1 is 1.41 bits per heavy atom. The Kier molecular flexibility index (Phi) is 4.76. The number of piperidine rings is 1. The van der Waals surface area contributed by atoms with Gasteiger partial charge in [0.1, 0.15) is 0 Å². The molecular formula is C16H27N5O. The largest absolute Gasteiger partial charge is 0.350 e. The second kappa shape index (κ2) is 6.77. The van der Waals surface area contributed by atoms with Crippen molar-refractivity contribution < 1.29 is 4.79 Å². The Morgan fingerprint density at radius 2 is 2.14 bits per heavy atom. The summed E-state index contributed by atoms with van der Waals surface area (Å²) in [4.78, 5) is 12.3. The Balaban J connectivity index is 1.57. The standard InChI is InChI=1S/C16H27N5O/c1-2-16(7-3-4-8-16)12-18-15(22)14-11-21(20-19-14)13-5-9-17-10-6-13/h11,13,17H,2-10,12H2,1H3,(H,18,22). The van der Waals surface area contributed by atoms with E-state index in [1.807, 2.05) is 4.68 Å². The first kappa shape index (κ1) is 15.5. The summed E-state index contributed by atoms with van der Waals surface area (Å²) in [6, 6.07) is 0.368. The Labute approximate surface area is 132 Å². The molecule has 0 aromatic carbocycles. The molecule has 0 bridgehead atoms. The molecule has 1 saturated heterocycles. The third-order valence-corrected chi connectivity index (χ3v) is 5.46. The summed E-state index contributed by atoms with van der Waals surface area (Å²) in [7, 11) is 0. The van der Waals surface area contributed by atoms with E-state index in [2.05, 4.69) is 27.9 Å². The molecule has 1 aliphatic heterocycles. The summed E-state index contributed by atoms with van der Waals surface area (Å²) >= 11 is 0. The zero-order chi connectivity index (χ0) is 15.4. The van der Waals surface area contributed by atoms with Gasteiger partial charge in [-0.05, 0) is 50.6 Å². The van der Waals surface area contributed by atoms with Crippen molar-refractivity contribution in [2.45, 2.75) is 57.9 Å². The van der Waals surface area contributed by atoms with Crippen molar-refractivity contribution in [1.29, 1.82) is 0 Å². The Morgan fingerprint density at radius 3 is 2.82 bits per heavy atom. The summed E-state index contributed by atoms with van der Waals surface area (Å²) in [6.07, 6.45) is 10.1. The molecule has 22 heavy (non-hydrogen) atoms. The molecule has 0 atom stereocenters. The second-order valence-corrected chi connectivity index (χ2v) is 6.81. The molecule has 1 aromatic rings. The van der Waals surface area contributed by atoms with Crippen LogP contribution < -0.4 is 10.6 Å². The number of carbonyl (C=O) groups is 1. The zero-order valence-electron chi connectivity index (χ0n) is 13.5. The van der Waals surface area contributed by atoms with Gasteiger partial charge in [0, 0.05) is 6.54 Å². The maximum atomic E-state index is 12.3. The van der Waals surface area contributed by atoms with E-state index in [9.17, 15) is 4.79 Å². The van der Waals surface area contributed by atoms with Crippen molar-refractivity contribution in [3.05, 3.63) is 11.9 Å². The minimum Gasteiger partial charge on any atom is -0.350 e. The fraction of sp³-hybridized carbons (Fsp3) is 0.812. The zero-order valence-corrected chi connectivity index (χ0v) is 13.5. The summed E-state index contributed by atoms with van der Waals surface area (Å²) in [5.41, 5.74) is 0.753. The molecule has 2 N–H and O–H groups in total. The molecule has 1 amide bonds. The average molecular weight is 305 g/mol. The SMILES string of the molecule is CCC1(CNC(=O)c2cn(C3CCNCC3)nn2)CCCC1. The third-order valence-electron chi connectivity index (χ3n) is 5.46. The van der Waals surface area contributed by atoms with Gasteiger partial charge in [-0.2, -0.15) is 0 Å². The van der Waals surface area contributed by atoms with Crippen molar-refractivity contribution in [2.75, 3.05) is 19.6 Å². The van der Waals surface area contributed by atoms with Crippen LogP contribution in [0.4, 0.5) is 0 Å². The fourth-order valence-electron chi connectivity index (χ4n) is 3.77. The second-order valence-electron chi connectivity index (χ2n) is 6.81. The first-order valence-corrected chi connectivity index (χ1v) is 8.63. The minimum absolute atomic E-state index is 0.0834. The van der Waals surface area contributed by atoms with Gasteiger partial charge in [0.15, 0.2) is 5.69 Å². The van der Waals surface area contributed by atoms with Crippen molar-refractivity contribution in [1.82, 2.24) is 25.6 Å². The molecule has 6 nitrogen and oxygen atoms in total. The van der Waals surface area contributed by atoms with Crippen molar-refractivity contribution in [3.8, 4) is 0 Å². The highest BCUT2D eigenvalue weighted by Gasteiger charge is 2.32. The number of aromatic nitrogens is 3. The molecule has 1 aromatic heterocycles. The normalized spacial score (nSPS) is 21.9. The quantitative estimate of drug-likeness (QED) is 0.871. The maximum Gasteiger partial charge on any atom is 0.273 e. The first-order valence-electron chi connectivity index (χ1n) is 8.63. The molecule has 0 radical (unpaired) electrons. The van der Waals surface area contributed by atoms with Gasteiger partial charge in [0.25, 0.3) is 5.91 Å². The molecule has 6 heteroatoms. The summed E-state index contributed by atoms with van der Waals surface area (Å²) in [5, 5.41) is 14.6. The van der Waals surface area contributed by atoms with E-state index < -0.39 is 0 Å². The van der Waals surface area contributed by atoms with Gasteiger partial charge < -0.3 is 10.6 Å². The van der Waals surface area contributed by atoms with Gasteiger partial charge in [-0.3, -0.25) is 4.79 Å². The van der Waals surface area contributed by atoms with Crippen molar-refractivity contribution in [3.63, 3.8) is 0 Å². The summed E-state index contributed by atoms with van der Waals surface area (Å²) < 4.78 is 1.86. The van der Waals surface area contributed by atoms with Crippen LogP contribution in [0.2, 0.25) is 0 Å². The predicted octanol–water partition coefficient (Wildman–Crippen LogP) is 1.90. The maximum absolute atomic E-state index is 12.3. The summed E-state index contributed by atoms with van der Waals surface area (Å²) in [6.45, 7) is 5.00. The van der Waals surface area contributed by atoms with E-state index in [1.54, 1.807) is 6.20 Å². The van der Waals surface area contributed by atoms with Crippen LogP contribution in [-0.4, -0.2) is 40.5 Å². The fourth-order valence-corrected chi connectivity index (χ4v) is 3.77. The molecule has 0 unspecified atom stereocenters. The highest BCUT2D eigenvalue weighted by molar-refractivity contribution is 5.91. The Bertz CT molecular complexity index is 500. The van der Waals surface area contributed by atoms with Crippen LogP contribution in [0.3, 0.4) is 0 Å². The number of nitrogens with one attached hydrogen (secondary N) is 2. The lowest BCUT2D eigenvalue weighted by Crippen LogP contribution is -2.35. The van der Waals surface area contributed by atoms with E-state index in [0.29, 0.717) is 17.2 Å². The smallest absolute Gasteiger partial charge is 0.273 e. The number of hydrogen-bond acceptors (Lipinski definition) is 4. The van der Waals surface area contributed by atoms with Gasteiger partial charge in [0.2, 0.25) is 0 Å². The average Bonchev–Trinajstić information content (AvgIpc) is 3.24. The number of rotatable bonds is 5. The van der Waals surface area contributed by atoms with Crippen LogP contribution >= 0.6 is 0 Å². The lowest BCUT2D eigenvalue weighted by molar-refractivity contribution is 0.0923. The number of nitrogens with zero attached hydrogens (tertiary/aromatic N) is 3. The molecule has 1 aliphatic carbocycles. The molecular weight excluding hydrogens is 278 g/mol. The monoisotopic (exact) mass is 305 g/mol. The molecule has 0 spiro atoms. The Hall–Kier alpha value is -1.43. The molecule has 122 valence electrons. The lowest BCUT2D eigenvalue weighted by Gasteiger charge is -2.27. The first-order chi connectivity index (χ1) is 10.7. The predicted molar refractivity (Wildman–Crippen MR) is 84.7 cm³/mol. The number of amides is 1. The van der Waals surface area contributed by atoms with Gasteiger partial charge in [0.05, 0.1) is 12.2 Å². The molecule has 1 saturated carbocycles. The van der Waals surface area contributed by atoms with Crippen LogP contribution in [0.15, 0.2) is 6.20 Å². The third kappa shape index (κ3) is 3.32. The van der Waals surface area contributed by atoms with Crippen LogP contribution in [0.1, 0.15) is 68.4 Å². The van der Waals surface area contributed by atoms with Crippen LogP contribution in [0.25, 0.3) is 0 Å². The molecule has 2 aliphatic rings. The molecule has 2 heterocycles. The highest BCUT2D eigenvalue weighted by atomic mass is 16.2. The van der Waals surface area contributed by atoms with Crippen LogP contribution in [-0.2, 0) is 0 Å². The lowest BCUT2D eigenvalue weighted by atomic mass is 9.83. The van der Waals surface area contributed by atoms with Gasteiger partial charge >= 0.3 is 0 Å².